The van der Waals surface area contributed by atoms with Crippen LogP contribution in [0.25, 0.3) is 0 Å². The fourth-order valence-corrected chi connectivity index (χ4v) is 2.63. The van der Waals surface area contributed by atoms with Gasteiger partial charge < -0.3 is 5.73 Å². The van der Waals surface area contributed by atoms with Crippen LogP contribution in [0.2, 0.25) is 0 Å². The fraction of sp³-hybridized carbons (Fsp3) is 0.750. The maximum Gasteiger partial charge on any atom is 0.0985 e. The first-order valence-electron chi connectivity index (χ1n) is 5.50. The third-order valence-corrected chi connectivity index (χ3v) is 3.98. The van der Waals surface area contributed by atoms with Gasteiger partial charge in [-0.3, -0.25) is 0 Å². The molecule has 0 fully saturated rings. The van der Waals surface area contributed by atoms with Crippen LogP contribution in [0.1, 0.15) is 69.1 Å². The van der Waals surface area contributed by atoms with Crippen molar-refractivity contribution in [3.8, 4) is 0 Å². The maximum absolute atomic E-state index is 5.98. The molecule has 2 N–H and O–H groups in total. The molecular formula is C12H22N2S. The van der Waals surface area contributed by atoms with Crippen LogP contribution in [0.4, 0.5) is 0 Å². The molecule has 0 amide bonds. The summed E-state index contributed by atoms with van der Waals surface area (Å²) in [6, 6.07) is 0.0935. The lowest BCUT2D eigenvalue weighted by Crippen LogP contribution is -2.10. The Morgan fingerprint density at radius 1 is 1.20 bits per heavy atom. The molecule has 0 aromatic carbocycles. The van der Waals surface area contributed by atoms with E-state index in [1.807, 2.05) is 6.92 Å². The lowest BCUT2D eigenvalue weighted by atomic mass is 9.98. The normalized spacial score (nSPS) is 14.7. The van der Waals surface area contributed by atoms with Gasteiger partial charge in [0.2, 0.25) is 0 Å². The third kappa shape index (κ3) is 2.79. The Morgan fingerprint density at radius 3 is 2.00 bits per heavy atom. The zero-order valence-corrected chi connectivity index (χ0v) is 11.4. The average molecular weight is 226 g/mol. The van der Waals surface area contributed by atoms with E-state index in [1.54, 1.807) is 11.3 Å². The number of hydrogen-bond donors (Lipinski definition) is 1. The summed E-state index contributed by atoms with van der Waals surface area (Å²) in [6.45, 7) is 13.0. The van der Waals surface area contributed by atoms with Crippen molar-refractivity contribution in [2.24, 2.45) is 5.73 Å². The maximum atomic E-state index is 5.98. The van der Waals surface area contributed by atoms with Gasteiger partial charge in [0.05, 0.1) is 10.7 Å². The van der Waals surface area contributed by atoms with Gasteiger partial charge in [-0.15, -0.1) is 11.3 Å². The number of rotatable bonds is 2. The topological polar surface area (TPSA) is 38.9 Å². The zero-order valence-electron chi connectivity index (χ0n) is 10.6. The van der Waals surface area contributed by atoms with E-state index in [4.69, 9.17) is 10.7 Å². The summed E-state index contributed by atoms with van der Waals surface area (Å²) in [4.78, 5) is 5.99. The van der Waals surface area contributed by atoms with E-state index in [0.29, 0.717) is 5.92 Å². The van der Waals surface area contributed by atoms with Crippen molar-refractivity contribution in [2.75, 3.05) is 0 Å². The van der Waals surface area contributed by atoms with Gasteiger partial charge in [-0.1, -0.05) is 34.6 Å². The van der Waals surface area contributed by atoms with E-state index in [2.05, 4.69) is 34.6 Å². The second-order valence-corrected chi connectivity index (χ2v) is 6.49. The summed E-state index contributed by atoms with van der Waals surface area (Å²) in [6.07, 6.45) is 0. The van der Waals surface area contributed by atoms with Gasteiger partial charge >= 0.3 is 0 Å². The van der Waals surface area contributed by atoms with Gasteiger partial charge in [-0.05, 0) is 12.8 Å². The van der Waals surface area contributed by atoms with Crippen molar-refractivity contribution in [2.45, 2.75) is 58.9 Å². The summed E-state index contributed by atoms with van der Waals surface area (Å²) in [7, 11) is 0. The number of nitrogens with zero attached hydrogens (tertiary/aromatic N) is 1. The van der Waals surface area contributed by atoms with E-state index in [0.717, 1.165) is 0 Å². The molecule has 15 heavy (non-hydrogen) atoms. The molecule has 0 radical (unpaired) electrons. The molecule has 1 atom stereocenters. The van der Waals surface area contributed by atoms with Crippen molar-refractivity contribution in [3.05, 3.63) is 15.6 Å². The summed E-state index contributed by atoms with van der Waals surface area (Å²) >= 11 is 1.77. The Morgan fingerprint density at radius 2 is 1.73 bits per heavy atom. The fourth-order valence-electron chi connectivity index (χ4n) is 1.40. The van der Waals surface area contributed by atoms with Gasteiger partial charge in [-0.25, -0.2) is 4.98 Å². The second kappa shape index (κ2) is 4.22. The summed E-state index contributed by atoms with van der Waals surface area (Å²) in [5.74, 6) is 0.457. The monoisotopic (exact) mass is 226 g/mol. The molecule has 0 bridgehead atoms. The second-order valence-electron chi connectivity index (χ2n) is 5.46. The number of thiazole rings is 1. The number of nitrogens with two attached hydrogens (primary N) is 1. The van der Waals surface area contributed by atoms with E-state index in [9.17, 15) is 0 Å². The molecule has 0 spiro atoms. The van der Waals surface area contributed by atoms with Gasteiger partial charge in [0, 0.05) is 16.3 Å². The minimum Gasteiger partial charge on any atom is -0.323 e. The van der Waals surface area contributed by atoms with Crippen LogP contribution in [-0.4, -0.2) is 4.98 Å². The Bertz CT molecular complexity index is 306. The molecule has 1 unspecified atom stereocenters. The molecule has 0 saturated carbocycles. The van der Waals surface area contributed by atoms with Crippen LogP contribution >= 0.6 is 11.3 Å². The van der Waals surface area contributed by atoms with Crippen molar-refractivity contribution >= 4 is 11.3 Å². The molecule has 3 heteroatoms. The van der Waals surface area contributed by atoms with E-state index < -0.39 is 0 Å². The molecule has 0 aliphatic carbocycles. The molecule has 1 rings (SSSR count). The highest BCUT2D eigenvalue weighted by atomic mass is 32.1. The van der Waals surface area contributed by atoms with Crippen molar-refractivity contribution < 1.29 is 0 Å². The molecule has 2 nitrogen and oxygen atoms in total. The predicted molar refractivity (Wildman–Crippen MR) is 67.5 cm³/mol. The predicted octanol–water partition coefficient (Wildman–Crippen LogP) is 3.58. The van der Waals surface area contributed by atoms with Crippen LogP contribution in [0.5, 0.6) is 0 Å². The molecule has 1 aromatic rings. The molecule has 1 aromatic heterocycles. The first-order chi connectivity index (χ1) is 6.73. The number of hydrogen-bond acceptors (Lipinski definition) is 3. The molecule has 0 saturated heterocycles. The molecule has 0 aliphatic rings. The van der Waals surface area contributed by atoms with Crippen LogP contribution < -0.4 is 5.73 Å². The molecule has 1 heterocycles. The van der Waals surface area contributed by atoms with E-state index in [-0.39, 0.29) is 11.5 Å². The van der Waals surface area contributed by atoms with Gasteiger partial charge in [0.25, 0.3) is 0 Å². The summed E-state index contributed by atoms with van der Waals surface area (Å²) in [5.41, 5.74) is 7.29. The van der Waals surface area contributed by atoms with Crippen LogP contribution in [0.3, 0.4) is 0 Å². The first kappa shape index (κ1) is 12.7. The van der Waals surface area contributed by atoms with E-state index >= 15 is 0 Å². The van der Waals surface area contributed by atoms with Crippen molar-refractivity contribution in [1.29, 1.82) is 0 Å². The largest absolute Gasteiger partial charge is 0.323 e. The lowest BCUT2D eigenvalue weighted by molar-refractivity contribution is 0.580. The van der Waals surface area contributed by atoms with Crippen LogP contribution in [0.15, 0.2) is 0 Å². The standard InChI is InChI=1S/C12H22N2S/c1-7(2)9-10(8(3)13)15-11(14-9)12(4,5)6/h7-8H,13H2,1-6H3. The Labute approximate surface area is 96.9 Å². The van der Waals surface area contributed by atoms with Crippen LogP contribution in [-0.2, 0) is 5.41 Å². The Kier molecular flexibility index (Phi) is 3.56. The lowest BCUT2D eigenvalue weighted by Gasteiger charge is -2.13. The van der Waals surface area contributed by atoms with Crippen LogP contribution in [0, 0.1) is 0 Å². The van der Waals surface area contributed by atoms with Gasteiger partial charge in [-0.2, -0.15) is 0 Å². The summed E-state index contributed by atoms with van der Waals surface area (Å²) < 4.78 is 0. The number of aromatic nitrogens is 1. The first-order valence-corrected chi connectivity index (χ1v) is 6.31. The quantitative estimate of drug-likeness (QED) is 0.837. The Balaban J connectivity index is 3.21. The highest BCUT2D eigenvalue weighted by Crippen LogP contribution is 2.34. The van der Waals surface area contributed by atoms with Gasteiger partial charge in [0.1, 0.15) is 0 Å². The average Bonchev–Trinajstić information content (AvgIpc) is 2.45. The molecule has 0 aliphatic heterocycles. The Hall–Kier alpha value is -0.410. The van der Waals surface area contributed by atoms with E-state index in [1.165, 1.54) is 15.6 Å². The molecule has 86 valence electrons. The highest BCUT2D eigenvalue weighted by Gasteiger charge is 2.23. The third-order valence-electron chi connectivity index (χ3n) is 2.28. The van der Waals surface area contributed by atoms with Crippen molar-refractivity contribution in [3.63, 3.8) is 0 Å². The smallest absolute Gasteiger partial charge is 0.0985 e. The van der Waals surface area contributed by atoms with Gasteiger partial charge in [0.15, 0.2) is 0 Å². The minimum absolute atomic E-state index is 0.0935. The molecular weight excluding hydrogens is 204 g/mol. The SMILES string of the molecule is CC(C)c1nc(C(C)(C)C)sc1C(C)N. The zero-order chi connectivity index (χ0) is 11.8. The highest BCUT2D eigenvalue weighted by molar-refractivity contribution is 7.12. The van der Waals surface area contributed by atoms with Crippen molar-refractivity contribution in [1.82, 2.24) is 4.98 Å². The minimum atomic E-state index is 0.0935. The summed E-state index contributed by atoms with van der Waals surface area (Å²) in [5, 5.41) is 1.19.